The lowest BCUT2D eigenvalue weighted by molar-refractivity contribution is -0.143. The summed E-state index contributed by atoms with van der Waals surface area (Å²) in [7, 11) is 0. The third kappa shape index (κ3) is 3.24. The van der Waals surface area contributed by atoms with Crippen LogP contribution < -0.4 is 9.47 Å². The molecule has 2 aliphatic heterocycles. The molecule has 4 rings (SSSR count). The van der Waals surface area contributed by atoms with Crippen LogP contribution in [0.15, 0.2) is 36.5 Å². The Morgan fingerprint density at radius 3 is 2.88 bits per heavy atom. The first-order chi connectivity index (χ1) is 12.6. The van der Waals surface area contributed by atoms with Crippen LogP contribution in [-0.4, -0.2) is 40.8 Å². The second-order valence-corrected chi connectivity index (χ2v) is 6.95. The van der Waals surface area contributed by atoms with Crippen LogP contribution in [0.4, 0.5) is 0 Å². The van der Waals surface area contributed by atoms with Gasteiger partial charge in [0.25, 0.3) is 0 Å². The van der Waals surface area contributed by atoms with Crippen LogP contribution in [-0.2, 0) is 4.79 Å². The number of aromatic nitrogens is 1. The zero-order valence-electron chi connectivity index (χ0n) is 14.7. The zero-order valence-corrected chi connectivity index (χ0v) is 14.7. The summed E-state index contributed by atoms with van der Waals surface area (Å²) in [4.78, 5) is 18.4. The van der Waals surface area contributed by atoms with E-state index in [-0.39, 0.29) is 18.8 Å². The van der Waals surface area contributed by atoms with Gasteiger partial charge in [-0.05, 0) is 55.6 Å². The summed E-state index contributed by atoms with van der Waals surface area (Å²) in [5, 5.41) is 9.46. The van der Waals surface area contributed by atoms with E-state index < -0.39 is 5.97 Å². The molecule has 136 valence electrons. The molecule has 0 radical (unpaired) electrons. The average molecular weight is 354 g/mol. The first-order valence-corrected chi connectivity index (χ1v) is 8.91. The molecular formula is C20H22N2O4. The summed E-state index contributed by atoms with van der Waals surface area (Å²) < 4.78 is 11.0. The van der Waals surface area contributed by atoms with Crippen molar-refractivity contribution in [3.05, 3.63) is 53.3 Å². The monoisotopic (exact) mass is 354 g/mol. The summed E-state index contributed by atoms with van der Waals surface area (Å²) in [6, 6.07) is 9.88. The summed E-state index contributed by atoms with van der Waals surface area (Å²) >= 11 is 0. The minimum absolute atomic E-state index is 0.104. The summed E-state index contributed by atoms with van der Waals surface area (Å²) in [5.74, 6) is 0.402. The van der Waals surface area contributed by atoms with Gasteiger partial charge in [0.2, 0.25) is 6.79 Å². The highest BCUT2D eigenvalue weighted by molar-refractivity contribution is 5.70. The molecule has 0 spiro atoms. The average Bonchev–Trinajstić information content (AvgIpc) is 3.12. The standard InChI is InChI=1S/C20H22N2O4/c1-13-4-6-16(21-10-13)19(22-8-2-3-15(11-22)20(23)24)14-5-7-17-18(9-14)26-12-25-17/h4-7,9-10,15,19H,2-3,8,11-12H2,1H3,(H,23,24). The molecule has 0 amide bonds. The van der Waals surface area contributed by atoms with E-state index in [1.807, 2.05) is 43.5 Å². The van der Waals surface area contributed by atoms with Gasteiger partial charge in [0.15, 0.2) is 11.5 Å². The van der Waals surface area contributed by atoms with Crippen molar-refractivity contribution in [3.63, 3.8) is 0 Å². The van der Waals surface area contributed by atoms with Gasteiger partial charge >= 0.3 is 5.97 Å². The highest BCUT2D eigenvalue weighted by Gasteiger charge is 2.32. The first kappa shape index (κ1) is 16.8. The molecule has 1 aromatic carbocycles. The molecule has 2 aromatic rings. The number of nitrogens with zero attached hydrogens (tertiary/aromatic N) is 2. The number of carboxylic acid groups (broad SMARTS) is 1. The van der Waals surface area contributed by atoms with Crippen molar-refractivity contribution in [3.8, 4) is 11.5 Å². The maximum atomic E-state index is 11.5. The predicted octanol–water partition coefficient (Wildman–Crippen LogP) is 3.00. The Morgan fingerprint density at radius 1 is 1.27 bits per heavy atom. The topological polar surface area (TPSA) is 71.9 Å². The summed E-state index contributed by atoms with van der Waals surface area (Å²) in [6.45, 7) is 3.60. The van der Waals surface area contributed by atoms with Gasteiger partial charge < -0.3 is 14.6 Å². The molecule has 3 heterocycles. The molecule has 1 saturated heterocycles. The fourth-order valence-corrected chi connectivity index (χ4v) is 3.74. The minimum Gasteiger partial charge on any atom is -0.481 e. The SMILES string of the molecule is Cc1ccc(C(c2ccc3c(c2)OCO3)N2CCCC(C(=O)O)C2)nc1. The van der Waals surface area contributed by atoms with Crippen molar-refractivity contribution < 1.29 is 19.4 Å². The Morgan fingerprint density at radius 2 is 2.12 bits per heavy atom. The molecule has 1 N–H and O–H groups in total. The summed E-state index contributed by atoms with van der Waals surface area (Å²) in [6.07, 6.45) is 3.44. The van der Waals surface area contributed by atoms with E-state index in [0.717, 1.165) is 47.7 Å². The molecule has 26 heavy (non-hydrogen) atoms. The number of pyridine rings is 1. The molecule has 1 aromatic heterocycles. The molecule has 6 nitrogen and oxygen atoms in total. The number of hydrogen-bond donors (Lipinski definition) is 1. The molecule has 0 saturated carbocycles. The number of rotatable bonds is 4. The fourth-order valence-electron chi connectivity index (χ4n) is 3.74. The predicted molar refractivity (Wildman–Crippen MR) is 95.3 cm³/mol. The number of hydrogen-bond acceptors (Lipinski definition) is 5. The number of likely N-dealkylation sites (tertiary alicyclic amines) is 1. The van der Waals surface area contributed by atoms with Crippen LogP contribution in [0.2, 0.25) is 0 Å². The van der Waals surface area contributed by atoms with Gasteiger partial charge in [-0.15, -0.1) is 0 Å². The van der Waals surface area contributed by atoms with Crippen molar-refractivity contribution in [2.75, 3.05) is 19.9 Å². The van der Waals surface area contributed by atoms with Gasteiger partial charge in [-0.2, -0.15) is 0 Å². The zero-order chi connectivity index (χ0) is 18.1. The van der Waals surface area contributed by atoms with Gasteiger partial charge in [-0.25, -0.2) is 0 Å². The highest BCUT2D eigenvalue weighted by atomic mass is 16.7. The van der Waals surface area contributed by atoms with Crippen LogP contribution in [0, 0.1) is 12.8 Å². The van der Waals surface area contributed by atoms with Crippen LogP contribution in [0.1, 0.15) is 35.7 Å². The van der Waals surface area contributed by atoms with E-state index in [9.17, 15) is 9.90 Å². The molecule has 2 aliphatic rings. The summed E-state index contributed by atoms with van der Waals surface area (Å²) in [5.41, 5.74) is 3.05. The molecular weight excluding hydrogens is 332 g/mol. The third-order valence-electron chi connectivity index (χ3n) is 5.09. The van der Waals surface area contributed by atoms with Gasteiger partial charge in [0.05, 0.1) is 17.7 Å². The maximum absolute atomic E-state index is 11.5. The quantitative estimate of drug-likeness (QED) is 0.910. The number of carboxylic acids is 1. The number of piperidine rings is 1. The van der Waals surface area contributed by atoms with Gasteiger partial charge in [-0.3, -0.25) is 14.7 Å². The minimum atomic E-state index is -0.726. The number of carbonyl (C=O) groups is 1. The second kappa shape index (κ2) is 6.96. The molecule has 2 unspecified atom stereocenters. The van der Waals surface area contributed by atoms with Gasteiger partial charge in [0, 0.05) is 12.7 Å². The molecule has 1 fully saturated rings. The first-order valence-electron chi connectivity index (χ1n) is 8.91. The lowest BCUT2D eigenvalue weighted by Crippen LogP contribution is -2.41. The Balaban J connectivity index is 1.72. The van der Waals surface area contributed by atoms with Crippen molar-refractivity contribution in [1.82, 2.24) is 9.88 Å². The highest BCUT2D eigenvalue weighted by Crippen LogP contribution is 2.38. The Bertz CT molecular complexity index is 806. The Hall–Kier alpha value is -2.60. The Kier molecular flexibility index (Phi) is 4.51. The van der Waals surface area contributed by atoms with E-state index in [1.165, 1.54) is 0 Å². The molecule has 0 aliphatic carbocycles. The smallest absolute Gasteiger partial charge is 0.307 e. The van der Waals surface area contributed by atoms with Crippen molar-refractivity contribution in [2.24, 2.45) is 5.92 Å². The fraction of sp³-hybridized carbons (Fsp3) is 0.400. The van der Waals surface area contributed by atoms with Gasteiger partial charge in [-0.1, -0.05) is 12.1 Å². The van der Waals surface area contributed by atoms with Crippen LogP contribution in [0.3, 0.4) is 0 Å². The van der Waals surface area contributed by atoms with E-state index >= 15 is 0 Å². The third-order valence-corrected chi connectivity index (χ3v) is 5.09. The van der Waals surface area contributed by atoms with E-state index in [2.05, 4.69) is 9.88 Å². The Labute approximate surface area is 152 Å². The number of ether oxygens (including phenoxy) is 2. The normalized spacial score (nSPS) is 20.7. The van der Waals surface area contributed by atoms with Crippen molar-refractivity contribution >= 4 is 5.97 Å². The second-order valence-electron chi connectivity index (χ2n) is 6.95. The lowest BCUT2D eigenvalue weighted by Gasteiger charge is -2.37. The van der Waals surface area contributed by atoms with Crippen LogP contribution in [0.25, 0.3) is 0 Å². The van der Waals surface area contributed by atoms with E-state index in [1.54, 1.807) is 0 Å². The molecule has 0 bridgehead atoms. The number of benzene rings is 1. The van der Waals surface area contributed by atoms with Crippen LogP contribution in [0.5, 0.6) is 11.5 Å². The molecule has 6 heteroatoms. The van der Waals surface area contributed by atoms with E-state index in [4.69, 9.17) is 9.47 Å². The number of aryl methyl sites for hydroxylation is 1. The number of fused-ring (bicyclic) bond motifs is 1. The lowest BCUT2D eigenvalue weighted by atomic mass is 9.93. The number of aliphatic carboxylic acids is 1. The maximum Gasteiger partial charge on any atom is 0.307 e. The molecule has 2 atom stereocenters. The van der Waals surface area contributed by atoms with Crippen molar-refractivity contribution in [2.45, 2.75) is 25.8 Å². The largest absolute Gasteiger partial charge is 0.481 e. The van der Waals surface area contributed by atoms with E-state index in [0.29, 0.717) is 6.54 Å². The van der Waals surface area contributed by atoms with Crippen LogP contribution >= 0.6 is 0 Å². The van der Waals surface area contributed by atoms with Crippen molar-refractivity contribution in [1.29, 1.82) is 0 Å². The van der Waals surface area contributed by atoms with Gasteiger partial charge in [0.1, 0.15) is 0 Å².